The molecular formula is C43H56N10O6. The molecule has 59 heavy (non-hydrogen) atoms. The molecule has 16 heteroatoms. The molecule has 8 rings (SSSR count). The zero-order valence-electron chi connectivity index (χ0n) is 34.3. The van der Waals surface area contributed by atoms with Crippen molar-refractivity contribution in [3.63, 3.8) is 0 Å². The molecule has 5 aliphatic rings. The molecule has 1 saturated carbocycles. The fourth-order valence-corrected chi connectivity index (χ4v) is 9.10. The predicted molar refractivity (Wildman–Crippen MR) is 224 cm³/mol. The van der Waals surface area contributed by atoms with Crippen LogP contribution in [0.3, 0.4) is 0 Å². The van der Waals surface area contributed by atoms with Crippen molar-refractivity contribution in [1.82, 2.24) is 30.6 Å². The Kier molecular flexibility index (Phi) is 12.2. The van der Waals surface area contributed by atoms with Crippen LogP contribution in [0.2, 0.25) is 0 Å². The van der Waals surface area contributed by atoms with E-state index in [1.807, 2.05) is 42.3 Å². The lowest BCUT2D eigenvalue weighted by atomic mass is 9.94. The number of hydrogen-bond donors (Lipinski definition) is 3. The Bertz CT molecular complexity index is 2010. The number of ether oxygens (including phenoxy) is 2. The van der Waals surface area contributed by atoms with Crippen LogP contribution in [-0.4, -0.2) is 122 Å². The first-order valence-electron chi connectivity index (χ1n) is 21.1. The second-order valence-electron chi connectivity index (χ2n) is 16.4. The molecule has 16 nitrogen and oxygen atoms in total. The van der Waals surface area contributed by atoms with Crippen molar-refractivity contribution in [3.8, 4) is 11.5 Å². The summed E-state index contributed by atoms with van der Waals surface area (Å²) in [5.74, 6) is 2.13. The minimum atomic E-state index is -0.634. The number of likely N-dealkylation sites (N-methyl/N-ethyl adjacent to an activating group) is 1. The van der Waals surface area contributed by atoms with Crippen LogP contribution >= 0.6 is 0 Å². The molecule has 0 bridgehead atoms. The second-order valence-corrected chi connectivity index (χ2v) is 16.4. The molecule has 2 atom stereocenters. The SMILES string of the molecule is COc1cc(C(=O)NN2CCC(CCN3CCN(c4ccc(OC5CCC(=O)NC5=O)cc4)CC3)CC2)ccc1Nc1ncc2c(n1)N(C1CCCC1)[C@H](C)C(=O)N2C. The topological polar surface area (TPSA) is 165 Å². The van der Waals surface area contributed by atoms with E-state index in [9.17, 15) is 19.2 Å². The lowest BCUT2D eigenvalue weighted by molar-refractivity contribution is -0.138. The number of carbonyl (C=O) groups is 4. The van der Waals surface area contributed by atoms with E-state index in [4.69, 9.17) is 14.5 Å². The van der Waals surface area contributed by atoms with Crippen LogP contribution in [0.1, 0.15) is 75.1 Å². The van der Waals surface area contributed by atoms with Crippen molar-refractivity contribution in [2.24, 2.45) is 5.92 Å². The third-order valence-electron chi connectivity index (χ3n) is 12.7. The number of piperazine rings is 1. The summed E-state index contributed by atoms with van der Waals surface area (Å²) in [6, 6.07) is 13.1. The number of hydrazine groups is 1. The summed E-state index contributed by atoms with van der Waals surface area (Å²) in [4.78, 5) is 68.1. The normalized spacial score (nSPS) is 22.3. The molecule has 314 valence electrons. The van der Waals surface area contributed by atoms with Crippen LogP contribution in [0.25, 0.3) is 0 Å². The summed E-state index contributed by atoms with van der Waals surface area (Å²) < 4.78 is 11.5. The Morgan fingerprint density at radius 1 is 0.932 bits per heavy atom. The molecule has 3 saturated heterocycles. The molecule has 0 radical (unpaired) electrons. The zero-order valence-corrected chi connectivity index (χ0v) is 34.3. The number of carbonyl (C=O) groups excluding carboxylic acids is 4. The fraction of sp³-hybridized carbons (Fsp3) is 0.535. The molecule has 5 heterocycles. The van der Waals surface area contributed by atoms with Gasteiger partial charge in [-0.05, 0) is 94.0 Å². The smallest absolute Gasteiger partial charge is 0.267 e. The number of aromatic nitrogens is 2. The maximum absolute atomic E-state index is 13.4. The number of nitrogens with zero attached hydrogens (tertiary/aromatic N) is 7. The Morgan fingerprint density at radius 2 is 1.68 bits per heavy atom. The highest BCUT2D eigenvalue weighted by Crippen LogP contribution is 2.40. The van der Waals surface area contributed by atoms with Gasteiger partial charge in [-0.2, -0.15) is 4.98 Å². The lowest BCUT2D eigenvalue weighted by Gasteiger charge is -2.42. The van der Waals surface area contributed by atoms with E-state index < -0.39 is 6.10 Å². The fourth-order valence-electron chi connectivity index (χ4n) is 9.10. The van der Waals surface area contributed by atoms with Gasteiger partial charge in [-0.3, -0.25) is 34.8 Å². The van der Waals surface area contributed by atoms with Crippen LogP contribution in [0.15, 0.2) is 48.7 Å². The highest BCUT2D eigenvalue weighted by Gasteiger charge is 2.40. The standard InChI is InChI=1S/C43H56N10O6/c1-28-42(57)49(2)35-27-44-43(47-39(35)53(28)32-6-4-5-7-32)45-34-13-8-30(26-37(34)58-3)40(55)48-52-20-17-29(18-21-52)16-19-50-22-24-51(25-23-50)31-9-11-33(12-10-31)59-36-14-15-38(54)46-41(36)56/h8-13,26-29,32,36H,4-7,14-25H2,1-3H3,(H,48,55)(H,44,45,47)(H,46,54,56)/t28-,36?/m1/s1. The van der Waals surface area contributed by atoms with Crippen LogP contribution in [0.4, 0.5) is 28.8 Å². The van der Waals surface area contributed by atoms with Crippen molar-refractivity contribution < 1.29 is 28.7 Å². The first kappa shape index (κ1) is 40.3. The number of anilines is 5. The number of imide groups is 1. The van der Waals surface area contributed by atoms with E-state index in [0.717, 1.165) is 102 Å². The van der Waals surface area contributed by atoms with E-state index in [1.165, 1.54) is 0 Å². The number of piperidine rings is 2. The van der Waals surface area contributed by atoms with E-state index in [2.05, 4.69) is 35.7 Å². The van der Waals surface area contributed by atoms with Gasteiger partial charge in [-0.1, -0.05) is 12.8 Å². The molecule has 4 aliphatic heterocycles. The summed E-state index contributed by atoms with van der Waals surface area (Å²) in [6.45, 7) is 8.51. The molecule has 1 unspecified atom stereocenters. The number of hydrogen-bond acceptors (Lipinski definition) is 13. The highest BCUT2D eigenvalue weighted by atomic mass is 16.5. The summed E-state index contributed by atoms with van der Waals surface area (Å²) in [6.07, 6.45) is 9.32. The van der Waals surface area contributed by atoms with Crippen LogP contribution in [0, 0.1) is 5.92 Å². The summed E-state index contributed by atoms with van der Waals surface area (Å²) in [5, 5.41) is 7.65. The van der Waals surface area contributed by atoms with Crippen LogP contribution < -0.4 is 40.2 Å². The summed E-state index contributed by atoms with van der Waals surface area (Å²) in [7, 11) is 3.35. The van der Waals surface area contributed by atoms with Gasteiger partial charge in [0.2, 0.25) is 17.8 Å². The van der Waals surface area contributed by atoms with Gasteiger partial charge in [0.25, 0.3) is 11.8 Å². The molecular weight excluding hydrogens is 753 g/mol. The predicted octanol–water partition coefficient (Wildman–Crippen LogP) is 4.10. The Morgan fingerprint density at radius 3 is 2.39 bits per heavy atom. The van der Waals surface area contributed by atoms with Gasteiger partial charge in [-0.15, -0.1) is 0 Å². The van der Waals surface area contributed by atoms with Crippen molar-refractivity contribution in [2.75, 3.05) is 80.0 Å². The maximum atomic E-state index is 13.4. The molecule has 1 aromatic heterocycles. The van der Waals surface area contributed by atoms with Gasteiger partial charge in [-0.25, -0.2) is 9.99 Å². The molecule has 4 amide bonds. The van der Waals surface area contributed by atoms with Crippen molar-refractivity contribution >= 4 is 52.5 Å². The number of rotatable bonds is 12. The van der Waals surface area contributed by atoms with Gasteiger partial charge in [0, 0.05) is 76.5 Å². The van der Waals surface area contributed by atoms with Crippen molar-refractivity contribution in [3.05, 3.63) is 54.2 Å². The number of benzene rings is 2. The molecule has 3 aromatic rings. The third kappa shape index (κ3) is 9.08. The number of methoxy groups -OCH3 is 1. The Hall–Kier alpha value is -5.48. The Labute approximate surface area is 345 Å². The maximum Gasteiger partial charge on any atom is 0.267 e. The van der Waals surface area contributed by atoms with Crippen molar-refractivity contribution in [1.29, 1.82) is 0 Å². The third-order valence-corrected chi connectivity index (χ3v) is 12.7. The van der Waals surface area contributed by atoms with Crippen molar-refractivity contribution in [2.45, 2.75) is 82.9 Å². The molecule has 4 fully saturated rings. The van der Waals surface area contributed by atoms with Gasteiger partial charge in [0.15, 0.2) is 11.9 Å². The van der Waals surface area contributed by atoms with E-state index in [1.54, 1.807) is 37.4 Å². The zero-order chi connectivity index (χ0) is 41.0. The average molecular weight is 809 g/mol. The largest absolute Gasteiger partial charge is 0.495 e. The van der Waals surface area contributed by atoms with Gasteiger partial charge in [0.05, 0.1) is 19.0 Å². The van der Waals surface area contributed by atoms with Crippen LogP contribution in [-0.2, 0) is 14.4 Å². The monoisotopic (exact) mass is 808 g/mol. The quantitative estimate of drug-likeness (QED) is 0.225. The molecule has 2 aromatic carbocycles. The minimum Gasteiger partial charge on any atom is -0.495 e. The lowest BCUT2D eigenvalue weighted by Crippen LogP contribution is -2.54. The number of fused-ring (bicyclic) bond motifs is 1. The second kappa shape index (κ2) is 17.8. The van der Waals surface area contributed by atoms with E-state index in [-0.39, 0.29) is 35.7 Å². The van der Waals surface area contributed by atoms with Gasteiger partial charge < -0.3 is 29.5 Å². The number of nitrogens with one attached hydrogen (secondary N) is 3. The summed E-state index contributed by atoms with van der Waals surface area (Å²) in [5.41, 5.74) is 6.08. The van der Waals surface area contributed by atoms with E-state index >= 15 is 0 Å². The molecule has 3 N–H and O–H groups in total. The van der Waals surface area contributed by atoms with Crippen LogP contribution in [0.5, 0.6) is 11.5 Å². The molecule has 1 aliphatic carbocycles. The molecule has 0 spiro atoms. The Balaban J connectivity index is 0.775. The summed E-state index contributed by atoms with van der Waals surface area (Å²) >= 11 is 0. The first-order chi connectivity index (χ1) is 28.6. The number of amides is 4. The minimum absolute atomic E-state index is 0.0410. The van der Waals surface area contributed by atoms with E-state index in [0.29, 0.717) is 53.1 Å². The van der Waals surface area contributed by atoms with Gasteiger partial charge >= 0.3 is 0 Å². The average Bonchev–Trinajstić information content (AvgIpc) is 3.79. The van der Waals surface area contributed by atoms with Gasteiger partial charge in [0.1, 0.15) is 23.2 Å². The highest BCUT2D eigenvalue weighted by molar-refractivity contribution is 6.04. The first-order valence-corrected chi connectivity index (χ1v) is 21.1.